The third kappa shape index (κ3) is 11.3. The molecule has 0 radical (unpaired) electrons. The Morgan fingerprint density at radius 2 is 1.37 bits per heavy atom. The van der Waals surface area contributed by atoms with Crippen molar-refractivity contribution in [3.8, 4) is 0 Å². The fourth-order valence-corrected chi connectivity index (χ4v) is 16.4. The Morgan fingerprint density at radius 3 is 2.01 bits per heavy atom. The molecule has 3 heterocycles. The number of aliphatic carboxylic acids is 1. The van der Waals surface area contributed by atoms with Gasteiger partial charge in [0.1, 0.15) is 78.7 Å². The van der Waals surface area contributed by atoms with Crippen molar-refractivity contribution in [1.29, 1.82) is 0 Å². The summed E-state index contributed by atoms with van der Waals surface area (Å²) in [5.41, 5.74) is -3.94. The first-order valence-corrected chi connectivity index (χ1v) is 29.4. The molecular weight excluding hydrogens is 1070 g/mol. The zero-order chi connectivity index (χ0) is 60.2. The van der Waals surface area contributed by atoms with Gasteiger partial charge in [0, 0.05) is 29.7 Å². The van der Waals surface area contributed by atoms with E-state index in [2.05, 4.69) is 46.8 Å². The van der Waals surface area contributed by atoms with Gasteiger partial charge in [0.2, 0.25) is 0 Å². The molecule has 0 aromatic carbocycles. The van der Waals surface area contributed by atoms with E-state index in [0.717, 1.165) is 12.0 Å². The molecule has 11 N–H and O–H groups in total. The highest BCUT2D eigenvalue weighted by molar-refractivity contribution is 5.83. The molecule has 3 aliphatic heterocycles. The maximum Gasteiger partial charge on any atom is 0.331 e. The van der Waals surface area contributed by atoms with Gasteiger partial charge in [-0.15, -0.1) is 0 Å². The van der Waals surface area contributed by atoms with Crippen LogP contribution in [-0.2, 0) is 52.3 Å². The van der Waals surface area contributed by atoms with E-state index in [9.17, 15) is 70.6 Å². The molecule has 22 heteroatoms. The largest absolute Gasteiger partial charge is 0.481 e. The van der Waals surface area contributed by atoms with Crippen LogP contribution < -0.4 is 0 Å². The molecule has 0 aromatic heterocycles. The number of fused-ring (bicyclic) bond motifs is 7. The molecule has 26 unspecified atom stereocenters. The summed E-state index contributed by atoms with van der Waals surface area (Å²) in [6.07, 6.45) is -9.69. The van der Waals surface area contributed by atoms with Crippen LogP contribution in [0.15, 0.2) is 48.1 Å². The normalized spacial score (nSPS) is 47.9. The van der Waals surface area contributed by atoms with Gasteiger partial charge in [-0.3, -0.25) is 9.59 Å². The monoisotopic (exact) mass is 1160 g/mol. The Balaban J connectivity index is 1.07. The average Bonchev–Trinajstić information content (AvgIpc) is 3.51. The van der Waals surface area contributed by atoms with Crippen molar-refractivity contribution in [2.45, 2.75) is 224 Å². The second-order valence-corrected chi connectivity index (χ2v) is 26.5. The number of rotatable bonds is 17. The Morgan fingerprint density at radius 1 is 0.707 bits per heavy atom. The standard InChI is InChI=1S/C60H92O22/c1-10-30(2)15-13-11-12-14-16-40(66)80-49-50(76-31(3)64)60(54(73)74)24-23-58(8)32(33(60)25-55(49,4)5)17-18-38-56(6)21-20-39(57(7,29-63)37(56)19-22-59(38,58)9)79-53-48(82-52-45(71)43(69)42(68)35(26-61)77-52)46(72)47(36(27-62)78-53)81-51-44(70)41(67)34(65)28-75-51/h11-17,30,33-39,41-53,61-63,65,67-72H,10,18-29H2,1-9H3,(H,73,74). The minimum Gasteiger partial charge on any atom is -0.481 e. The molecule has 8 aliphatic rings. The number of carbonyl (C=O) groups excluding carboxylic acids is 2. The molecule has 0 spiro atoms. The van der Waals surface area contributed by atoms with Gasteiger partial charge in [-0.05, 0) is 85.4 Å². The zero-order valence-electron chi connectivity index (χ0n) is 48.8. The summed E-state index contributed by atoms with van der Waals surface area (Å²) >= 11 is 0. The number of ether oxygens (including phenoxy) is 8. The van der Waals surface area contributed by atoms with Crippen molar-refractivity contribution < 1.29 is 108 Å². The predicted molar refractivity (Wildman–Crippen MR) is 289 cm³/mol. The number of carboxylic acid groups (broad SMARTS) is 1. The minimum absolute atomic E-state index is 0.00119. The molecule has 0 bridgehead atoms. The van der Waals surface area contributed by atoms with Crippen LogP contribution in [0.3, 0.4) is 0 Å². The molecule has 464 valence electrons. The second-order valence-electron chi connectivity index (χ2n) is 26.5. The summed E-state index contributed by atoms with van der Waals surface area (Å²) in [5, 5.41) is 120. The molecule has 4 saturated carbocycles. The molecule has 8 rings (SSSR count). The van der Waals surface area contributed by atoms with Crippen molar-refractivity contribution >= 4 is 17.9 Å². The molecule has 5 aliphatic carbocycles. The maximum atomic E-state index is 14.2. The fourth-order valence-electron chi connectivity index (χ4n) is 16.4. The number of hydrogen-bond donors (Lipinski definition) is 11. The first kappa shape index (κ1) is 64.7. The lowest BCUT2D eigenvalue weighted by molar-refractivity contribution is -0.393. The summed E-state index contributed by atoms with van der Waals surface area (Å²) in [7, 11) is 0. The van der Waals surface area contributed by atoms with Gasteiger partial charge < -0.3 is 94.1 Å². The van der Waals surface area contributed by atoms with Gasteiger partial charge in [-0.25, -0.2) is 4.79 Å². The zero-order valence-corrected chi connectivity index (χ0v) is 48.8. The van der Waals surface area contributed by atoms with Gasteiger partial charge in [-0.1, -0.05) is 104 Å². The van der Waals surface area contributed by atoms with Crippen LogP contribution >= 0.6 is 0 Å². The highest BCUT2D eigenvalue weighted by Gasteiger charge is 2.74. The van der Waals surface area contributed by atoms with E-state index >= 15 is 0 Å². The van der Waals surface area contributed by atoms with Gasteiger partial charge in [0.15, 0.2) is 25.0 Å². The van der Waals surface area contributed by atoms with Crippen LogP contribution in [0.2, 0.25) is 0 Å². The van der Waals surface area contributed by atoms with Crippen LogP contribution in [0.5, 0.6) is 0 Å². The van der Waals surface area contributed by atoms with E-state index in [1.54, 1.807) is 12.2 Å². The molecule has 0 aromatic rings. The number of carboxylic acids is 1. The topological polar surface area (TPSA) is 348 Å². The third-order valence-corrected chi connectivity index (χ3v) is 21.5. The minimum atomic E-state index is -1.93. The quantitative estimate of drug-likeness (QED) is 0.0327. The highest BCUT2D eigenvalue weighted by Crippen LogP contribution is 2.76. The molecule has 82 heavy (non-hydrogen) atoms. The van der Waals surface area contributed by atoms with Gasteiger partial charge >= 0.3 is 17.9 Å². The number of esters is 2. The Bertz CT molecular complexity index is 2390. The van der Waals surface area contributed by atoms with Crippen molar-refractivity contribution in [2.24, 2.45) is 56.2 Å². The molecule has 26 atom stereocenters. The molecule has 0 amide bonds. The molecule has 7 fully saturated rings. The van der Waals surface area contributed by atoms with E-state index in [1.807, 2.05) is 32.9 Å². The summed E-state index contributed by atoms with van der Waals surface area (Å²) in [5.74, 6) is -2.91. The van der Waals surface area contributed by atoms with Gasteiger partial charge in [0.25, 0.3) is 0 Å². The van der Waals surface area contributed by atoms with Crippen LogP contribution in [0.4, 0.5) is 0 Å². The maximum absolute atomic E-state index is 14.2. The third-order valence-electron chi connectivity index (χ3n) is 21.5. The van der Waals surface area contributed by atoms with Crippen LogP contribution in [0, 0.1) is 56.2 Å². The predicted octanol–water partition coefficient (Wildman–Crippen LogP) is 2.10. The Hall–Kier alpha value is -3.27. The number of aliphatic hydroxyl groups excluding tert-OH is 10. The van der Waals surface area contributed by atoms with E-state index in [1.165, 1.54) is 13.0 Å². The number of aliphatic hydroxyl groups is 10. The first-order chi connectivity index (χ1) is 38.5. The van der Waals surface area contributed by atoms with E-state index in [0.29, 0.717) is 50.9 Å². The van der Waals surface area contributed by atoms with E-state index in [4.69, 9.17) is 37.9 Å². The van der Waals surface area contributed by atoms with Crippen molar-refractivity contribution in [3.63, 3.8) is 0 Å². The van der Waals surface area contributed by atoms with Crippen molar-refractivity contribution in [2.75, 3.05) is 26.4 Å². The highest BCUT2D eigenvalue weighted by atomic mass is 16.8. The van der Waals surface area contributed by atoms with Crippen molar-refractivity contribution in [1.82, 2.24) is 0 Å². The first-order valence-electron chi connectivity index (χ1n) is 29.4. The van der Waals surface area contributed by atoms with E-state index < -0.39 is 180 Å². The molecule has 22 nitrogen and oxygen atoms in total. The lowest BCUT2D eigenvalue weighted by atomic mass is 9.33. The number of hydrogen-bond acceptors (Lipinski definition) is 21. The molecular formula is C60H92O22. The average molecular weight is 1170 g/mol. The fraction of sp³-hybridized carbons (Fsp3) is 0.817. The lowest BCUT2D eigenvalue weighted by Crippen LogP contribution is -2.70. The van der Waals surface area contributed by atoms with Gasteiger partial charge in [-0.2, -0.15) is 0 Å². The van der Waals surface area contributed by atoms with Crippen molar-refractivity contribution in [3.05, 3.63) is 48.1 Å². The van der Waals surface area contributed by atoms with Gasteiger partial charge in [0.05, 0.1) is 32.5 Å². The smallest absolute Gasteiger partial charge is 0.331 e. The van der Waals surface area contributed by atoms with Crippen LogP contribution in [0.1, 0.15) is 120 Å². The van der Waals surface area contributed by atoms with Crippen LogP contribution in [-0.4, -0.2) is 205 Å². The lowest BCUT2D eigenvalue weighted by Gasteiger charge is -2.71. The Kier molecular flexibility index (Phi) is 19.6. The summed E-state index contributed by atoms with van der Waals surface area (Å²) in [6, 6.07) is 0. The second kappa shape index (κ2) is 24.8. The number of carbonyl (C=O) groups is 3. The van der Waals surface area contributed by atoms with E-state index in [-0.39, 0.29) is 24.9 Å². The Labute approximate surface area is 480 Å². The SMILES string of the molecule is CCC(C)C=CC=CC=CC(=O)OC1C(OC(C)=O)C2(C(=O)O)CCC3(C)C(=CCC4C5(C)CCC(OC6OC(CO)C(OC7OCC(O)C(O)C7O)C(O)C6OC6OC(CO)C(O)C(O)C6O)C(C)(CO)C5CCC43C)C2CC1(C)C. The molecule has 3 saturated heterocycles. The summed E-state index contributed by atoms with van der Waals surface area (Å²) in [4.78, 5) is 40.8. The van der Waals surface area contributed by atoms with Crippen LogP contribution in [0.25, 0.3) is 0 Å². The summed E-state index contributed by atoms with van der Waals surface area (Å²) in [6.45, 7) is 15.6. The number of allylic oxidation sites excluding steroid dienone is 7. The summed E-state index contributed by atoms with van der Waals surface area (Å²) < 4.78 is 48.8.